The summed E-state index contributed by atoms with van der Waals surface area (Å²) in [5.74, 6) is 0. The fourth-order valence-electron chi connectivity index (χ4n) is 4.98. The maximum absolute atomic E-state index is 4.86. The Morgan fingerprint density at radius 2 is 1.86 bits per heavy atom. The van der Waals surface area contributed by atoms with Gasteiger partial charge >= 0.3 is 5.65 Å². The first-order valence-corrected chi connectivity index (χ1v) is 10.4. The number of nitrogens with zero attached hydrogens (tertiary/aromatic N) is 3. The van der Waals surface area contributed by atoms with Crippen LogP contribution in [0.2, 0.25) is 0 Å². The van der Waals surface area contributed by atoms with E-state index in [1.165, 1.54) is 32.8 Å². The van der Waals surface area contributed by atoms with Crippen molar-refractivity contribution < 1.29 is 4.52 Å². The third-order valence-corrected chi connectivity index (χ3v) is 6.58. The minimum absolute atomic E-state index is 0.0300. The minimum atomic E-state index is -0.0733. The second kappa shape index (κ2) is 5.66. The van der Waals surface area contributed by atoms with Crippen molar-refractivity contribution in [2.75, 3.05) is 0 Å². The van der Waals surface area contributed by atoms with Crippen LogP contribution in [0.1, 0.15) is 58.6 Å². The van der Waals surface area contributed by atoms with E-state index >= 15 is 0 Å². The molecular formula is C25H28N3+. The SMILES string of the molecule is CCC1(CC)C=Cc2cccc3cc(C(C)(C)C)c4c(c23)n1[n+]1cccnc41. The highest BCUT2D eigenvalue weighted by molar-refractivity contribution is 6.14. The molecule has 2 aromatic heterocycles. The molecule has 142 valence electrons. The van der Waals surface area contributed by atoms with E-state index in [-0.39, 0.29) is 11.0 Å². The Bertz CT molecular complexity index is 1260. The van der Waals surface area contributed by atoms with Crippen LogP contribution in [0.5, 0.6) is 0 Å². The third kappa shape index (κ3) is 2.10. The highest BCUT2D eigenvalue weighted by Gasteiger charge is 2.38. The summed E-state index contributed by atoms with van der Waals surface area (Å²) in [7, 11) is 0. The molecule has 0 unspecified atom stereocenters. The molecule has 3 nitrogen and oxygen atoms in total. The van der Waals surface area contributed by atoms with Crippen LogP contribution in [0, 0.1) is 0 Å². The topological polar surface area (TPSA) is 21.9 Å². The van der Waals surface area contributed by atoms with Gasteiger partial charge in [0.25, 0.3) is 0 Å². The summed E-state index contributed by atoms with van der Waals surface area (Å²) in [5, 5.41) is 3.95. The molecule has 0 aliphatic carbocycles. The van der Waals surface area contributed by atoms with Gasteiger partial charge in [-0.2, -0.15) is 4.68 Å². The summed E-state index contributed by atoms with van der Waals surface area (Å²) in [5.41, 5.74) is 5.01. The highest BCUT2D eigenvalue weighted by atomic mass is 15.4. The maximum Gasteiger partial charge on any atom is 0.356 e. The molecule has 3 heteroatoms. The molecule has 1 aliphatic rings. The molecule has 4 aromatic rings. The molecule has 0 spiro atoms. The Hall–Kier alpha value is -2.68. The van der Waals surface area contributed by atoms with Gasteiger partial charge in [-0.15, -0.1) is 4.52 Å². The molecule has 0 fully saturated rings. The Morgan fingerprint density at radius 1 is 1.07 bits per heavy atom. The molecule has 0 atom stereocenters. The van der Waals surface area contributed by atoms with E-state index in [4.69, 9.17) is 4.98 Å². The van der Waals surface area contributed by atoms with E-state index in [1.807, 2.05) is 12.3 Å². The van der Waals surface area contributed by atoms with E-state index in [9.17, 15) is 0 Å². The van der Waals surface area contributed by atoms with Crippen LogP contribution in [0.3, 0.4) is 0 Å². The molecule has 0 amide bonds. The number of aromatic nitrogens is 3. The van der Waals surface area contributed by atoms with Crippen LogP contribution in [0.15, 0.2) is 48.8 Å². The van der Waals surface area contributed by atoms with E-state index in [0.717, 1.165) is 18.5 Å². The van der Waals surface area contributed by atoms with Gasteiger partial charge in [0.05, 0.1) is 5.54 Å². The summed E-state index contributed by atoms with van der Waals surface area (Å²) in [6, 6.07) is 11.1. The summed E-state index contributed by atoms with van der Waals surface area (Å²) in [4.78, 5) is 4.86. The number of rotatable bonds is 2. The van der Waals surface area contributed by atoms with Gasteiger partial charge in [-0.1, -0.05) is 65.0 Å². The van der Waals surface area contributed by atoms with E-state index in [0.29, 0.717) is 0 Å². The van der Waals surface area contributed by atoms with E-state index in [1.54, 1.807) is 0 Å². The number of benzene rings is 2. The Kier molecular flexibility index (Phi) is 3.52. The minimum Gasteiger partial charge on any atom is -0.200 e. The molecule has 3 heterocycles. The van der Waals surface area contributed by atoms with Gasteiger partial charge in [0.1, 0.15) is 23.3 Å². The average Bonchev–Trinajstić information content (AvgIpc) is 2.95. The van der Waals surface area contributed by atoms with Crippen molar-refractivity contribution in [2.45, 2.75) is 58.4 Å². The predicted octanol–water partition coefficient (Wildman–Crippen LogP) is 5.77. The highest BCUT2D eigenvalue weighted by Crippen LogP contribution is 2.43. The van der Waals surface area contributed by atoms with Gasteiger partial charge < -0.3 is 0 Å². The summed E-state index contributed by atoms with van der Waals surface area (Å²) in [6.07, 6.45) is 10.9. The lowest BCUT2D eigenvalue weighted by molar-refractivity contribution is -0.618. The molecule has 0 bridgehead atoms. The smallest absolute Gasteiger partial charge is 0.200 e. The molecule has 2 aromatic carbocycles. The first-order valence-electron chi connectivity index (χ1n) is 10.4. The van der Waals surface area contributed by atoms with Crippen molar-refractivity contribution in [3.63, 3.8) is 0 Å². The summed E-state index contributed by atoms with van der Waals surface area (Å²) < 4.78 is 4.81. The van der Waals surface area contributed by atoms with Crippen molar-refractivity contribution in [3.8, 4) is 0 Å². The van der Waals surface area contributed by atoms with Gasteiger partial charge in [-0.25, -0.2) is 0 Å². The molecule has 0 N–H and O–H groups in total. The van der Waals surface area contributed by atoms with Crippen LogP contribution in [0.4, 0.5) is 0 Å². The molecule has 1 aliphatic heterocycles. The number of hydrogen-bond donors (Lipinski definition) is 0. The molecular weight excluding hydrogens is 342 g/mol. The average molecular weight is 371 g/mol. The largest absolute Gasteiger partial charge is 0.356 e. The number of allylic oxidation sites excluding steroid dienone is 1. The Morgan fingerprint density at radius 3 is 2.57 bits per heavy atom. The van der Waals surface area contributed by atoms with Gasteiger partial charge in [0, 0.05) is 11.5 Å². The predicted molar refractivity (Wildman–Crippen MR) is 117 cm³/mol. The fourth-order valence-corrected chi connectivity index (χ4v) is 4.98. The van der Waals surface area contributed by atoms with Crippen molar-refractivity contribution in [1.82, 2.24) is 9.67 Å². The second-order valence-electron chi connectivity index (χ2n) is 9.09. The van der Waals surface area contributed by atoms with Crippen molar-refractivity contribution in [2.24, 2.45) is 0 Å². The van der Waals surface area contributed by atoms with Gasteiger partial charge in [-0.05, 0) is 45.8 Å². The van der Waals surface area contributed by atoms with E-state index < -0.39 is 0 Å². The van der Waals surface area contributed by atoms with Crippen LogP contribution in [0.25, 0.3) is 33.4 Å². The lowest BCUT2D eigenvalue weighted by Crippen LogP contribution is -2.45. The van der Waals surface area contributed by atoms with Gasteiger partial charge in [0.15, 0.2) is 0 Å². The normalized spacial score (nSPS) is 15.8. The number of hydrogen-bond acceptors (Lipinski definition) is 1. The molecule has 0 saturated heterocycles. The lowest BCUT2D eigenvalue weighted by atomic mass is 9.82. The van der Waals surface area contributed by atoms with Crippen molar-refractivity contribution in [1.29, 1.82) is 0 Å². The Balaban J connectivity index is 2.18. The number of fused-ring (bicyclic) bond motifs is 3. The molecule has 28 heavy (non-hydrogen) atoms. The van der Waals surface area contributed by atoms with Crippen LogP contribution in [-0.2, 0) is 11.0 Å². The summed E-state index contributed by atoms with van der Waals surface area (Å²) in [6.45, 7) is 11.5. The van der Waals surface area contributed by atoms with Crippen molar-refractivity contribution in [3.05, 3.63) is 59.9 Å². The zero-order valence-corrected chi connectivity index (χ0v) is 17.5. The lowest BCUT2D eigenvalue weighted by Gasteiger charge is -2.28. The first-order chi connectivity index (χ1) is 13.4. The van der Waals surface area contributed by atoms with Crippen LogP contribution in [-0.4, -0.2) is 9.67 Å². The second-order valence-corrected chi connectivity index (χ2v) is 9.09. The zero-order valence-electron chi connectivity index (χ0n) is 17.5. The van der Waals surface area contributed by atoms with Gasteiger partial charge in [-0.3, -0.25) is 0 Å². The van der Waals surface area contributed by atoms with Crippen LogP contribution >= 0.6 is 0 Å². The fraction of sp³-hybridized carbons (Fsp3) is 0.360. The standard InChI is InChI=1S/C25H28N3/c1-6-25(7-2)13-12-17-10-8-11-18-16-19(24(3,4)5)21-22(20(17)18)28(25)27-15-9-14-26-23(21)27/h8-16H,6-7H2,1-5H3/q+1. The molecule has 5 rings (SSSR count). The zero-order chi connectivity index (χ0) is 19.7. The van der Waals surface area contributed by atoms with E-state index in [2.05, 4.69) is 86.4 Å². The maximum atomic E-state index is 4.86. The van der Waals surface area contributed by atoms with Crippen molar-refractivity contribution >= 4 is 33.4 Å². The first kappa shape index (κ1) is 17.4. The van der Waals surface area contributed by atoms with Crippen LogP contribution < -0.4 is 4.52 Å². The molecule has 0 radical (unpaired) electrons. The monoisotopic (exact) mass is 370 g/mol. The third-order valence-electron chi connectivity index (χ3n) is 6.58. The molecule has 0 saturated carbocycles. The van der Waals surface area contributed by atoms with Gasteiger partial charge in [0.2, 0.25) is 0 Å². The quantitative estimate of drug-likeness (QED) is 0.411. The summed E-state index contributed by atoms with van der Waals surface area (Å²) >= 11 is 0. The Labute approximate surface area is 166 Å².